The average Bonchev–Trinajstić information content (AvgIpc) is 2.98. The molecule has 1 radical (unpaired) electrons. The summed E-state index contributed by atoms with van der Waals surface area (Å²) in [4.78, 5) is 0. The van der Waals surface area contributed by atoms with Crippen LogP contribution in [-0.2, 0) is 9.47 Å². The van der Waals surface area contributed by atoms with E-state index in [0.717, 1.165) is 19.6 Å². The van der Waals surface area contributed by atoms with E-state index in [9.17, 15) is 0 Å². The number of allylic oxidation sites excluding steroid dienone is 4. The van der Waals surface area contributed by atoms with Crippen molar-refractivity contribution < 1.29 is 9.47 Å². The molecular weight excluding hydrogens is 500 g/mol. The summed E-state index contributed by atoms with van der Waals surface area (Å²) in [7, 11) is 0. The van der Waals surface area contributed by atoms with E-state index in [0.29, 0.717) is 6.61 Å². The Hall–Kier alpha value is -0.600. The molecule has 0 amide bonds. The fraction of sp³-hybridized carbons (Fsp3) is 0.872. The predicted molar refractivity (Wildman–Crippen MR) is 185 cm³/mol. The van der Waals surface area contributed by atoms with Crippen molar-refractivity contribution in [2.24, 2.45) is 0 Å². The average molecular weight is 576 g/mol. The molecule has 243 valence electrons. The normalized spacial score (nSPS) is 12.8. The lowest BCUT2D eigenvalue weighted by atomic mass is 10.1. The molecule has 0 saturated carbocycles. The summed E-state index contributed by atoms with van der Waals surface area (Å²) in [5.74, 6) is 0. The van der Waals surface area contributed by atoms with Gasteiger partial charge in [0.2, 0.25) is 0 Å². The summed E-state index contributed by atoms with van der Waals surface area (Å²) in [5.41, 5.74) is 0. The molecule has 0 rings (SSSR count). The molecule has 0 aliphatic rings. The van der Waals surface area contributed by atoms with Gasteiger partial charge in [0.15, 0.2) is 0 Å². The van der Waals surface area contributed by atoms with Gasteiger partial charge < -0.3 is 9.47 Å². The maximum Gasteiger partial charge on any atom is 0.0809 e. The molecule has 41 heavy (non-hydrogen) atoms. The molecule has 0 N–H and O–H groups in total. The standard InChI is InChI=1S/C39H75O2/c1-4-6-8-10-12-14-16-18-20-22-24-26-28-30-32-34-36-40-38-39(3)41-37-35-33-31-29-27-25-23-21-19-17-15-13-11-9-7-5-2/h18-21,39H,3-17,22-38H2,1-2H3/b20-18-,21-19-. The lowest BCUT2D eigenvalue weighted by Gasteiger charge is -2.13. The number of ether oxygens (including phenoxy) is 2. The van der Waals surface area contributed by atoms with Gasteiger partial charge in [-0.3, -0.25) is 0 Å². The second-order valence-electron chi connectivity index (χ2n) is 12.4. The highest BCUT2D eigenvalue weighted by Gasteiger charge is 2.02. The highest BCUT2D eigenvalue weighted by Crippen LogP contribution is 2.12. The largest absolute Gasteiger partial charge is 0.379 e. The summed E-state index contributed by atoms with van der Waals surface area (Å²) in [5, 5.41) is 0. The van der Waals surface area contributed by atoms with Crippen LogP contribution in [0.3, 0.4) is 0 Å². The number of hydrogen-bond acceptors (Lipinski definition) is 2. The summed E-state index contributed by atoms with van der Waals surface area (Å²) in [6, 6.07) is 0. The fourth-order valence-electron chi connectivity index (χ4n) is 5.31. The SMILES string of the molecule is [CH2]C(COCCCCCCCC/C=C\CCCCCCCC)OCCCCCCCC/C=C\CCCCCCCC. The highest BCUT2D eigenvalue weighted by molar-refractivity contribution is 4.82. The number of rotatable bonds is 35. The van der Waals surface area contributed by atoms with Crippen molar-refractivity contribution in [3.63, 3.8) is 0 Å². The van der Waals surface area contributed by atoms with Crippen LogP contribution < -0.4 is 0 Å². The molecule has 0 aromatic heterocycles. The molecule has 1 atom stereocenters. The second-order valence-corrected chi connectivity index (χ2v) is 12.4. The van der Waals surface area contributed by atoms with Crippen LogP contribution >= 0.6 is 0 Å². The Labute approximate surface area is 259 Å². The Morgan fingerprint density at radius 1 is 0.415 bits per heavy atom. The first kappa shape index (κ1) is 40.4. The fourth-order valence-corrected chi connectivity index (χ4v) is 5.31. The molecule has 0 aliphatic heterocycles. The third-order valence-electron chi connectivity index (χ3n) is 8.11. The van der Waals surface area contributed by atoms with Crippen LogP contribution in [0.2, 0.25) is 0 Å². The van der Waals surface area contributed by atoms with E-state index in [2.05, 4.69) is 45.1 Å². The van der Waals surface area contributed by atoms with Gasteiger partial charge in [-0.25, -0.2) is 0 Å². The first-order chi connectivity index (χ1) is 20.3. The molecule has 0 fully saturated rings. The maximum atomic E-state index is 5.84. The Bertz CT molecular complexity index is 512. The summed E-state index contributed by atoms with van der Waals surface area (Å²) in [6.45, 7) is 11.0. The quantitative estimate of drug-likeness (QED) is 0.0552. The molecular formula is C39H75O2. The van der Waals surface area contributed by atoms with E-state index in [-0.39, 0.29) is 6.10 Å². The summed E-state index contributed by atoms with van der Waals surface area (Å²) >= 11 is 0. The third kappa shape index (κ3) is 37.4. The molecule has 1 unspecified atom stereocenters. The van der Waals surface area contributed by atoms with E-state index >= 15 is 0 Å². The monoisotopic (exact) mass is 576 g/mol. The van der Waals surface area contributed by atoms with Gasteiger partial charge in [0.25, 0.3) is 0 Å². The van der Waals surface area contributed by atoms with Gasteiger partial charge in [-0.15, -0.1) is 0 Å². The Kier molecular flexibility index (Phi) is 36.9. The zero-order chi connectivity index (χ0) is 29.7. The Balaban J connectivity index is 3.21. The number of hydrogen-bond donors (Lipinski definition) is 0. The van der Waals surface area contributed by atoms with Crippen molar-refractivity contribution in [1.82, 2.24) is 0 Å². The van der Waals surface area contributed by atoms with Crippen LogP contribution in [-0.4, -0.2) is 25.9 Å². The highest BCUT2D eigenvalue weighted by atomic mass is 16.5. The van der Waals surface area contributed by atoms with E-state index in [4.69, 9.17) is 9.47 Å². The molecule has 0 aromatic rings. The first-order valence-corrected chi connectivity index (χ1v) is 18.6. The van der Waals surface area contributed by atoms with Crippen LogP contribution in [0.5, 0.6) is 0 Å². The maximum absolute atomic E-state index is 5.84. The van der Waals surface area contributed by atoms with Crippen molar-refractivity contribution in [3.05, 3.63) is 31.2 Å². The van der Waals surface area contributed by atoms with Crippen molar-refractivity contribution in [3.8, 4) is 0 Å². The van der Waals surface area contributed by atoms with Gasteiger partial charge in [-0.1, -0.05) is 154 Å². The summed E-state index contributed by atoms with van der Waals surface area (Å²) in [6.07, 6.45) is 47.2. The molecule has 0 aromatic carbocycles. The Morgan fingerprint density at radius 3 is 1.12 bits per heavy atom. The summed E-state index contributed by atoms with van der Waals surface area (Å²) < 4.78 is 11.6. The van der Waals surface area contributed by atoms with Crippen LogP contribution in [0.15, 0.2) is 24.3 Å². The third-order valence-corrected chi connectivity index (χ3v) is 8.11. The predicted octanol–water partition coefficient (Wildman–Crippen LogP) is 13.3. The van der Waals surface area contributed by atoms with E-state index in [1.54, 1.807) is 0 Å². The molecule has 0 bridgehead atoms. The van der Waals surface area contributed by atoms with E-state index < -0.39 is 0 Å². The van der Waals surface area contributed by atoms with Gasteiger partial charge >= 0.3 is 0 Å². The van der Waals surface area contributed by atoms with E-state index in [1.807, 2.05) is 0 Å². The topological polar surface area (TPSA) is 18.5 Å². The van der Waals surface area contributed by atoms with Gasteiger partial charge in [0, 0.05) is 13.2 Å². The van der Waals surface area contributed by atoms with Crippen LogP contribution in [0.4, 0.5) is 0 Å². The van der Waals surface area contributed by atoms with Gasteiger partial charge in [0.05, 0.1) is 12.7 Å². The van der Waals surface area contributed by atoms with Crippen molar-refractivity contribution in [1.29, 1.82) is 0 Å². The first-order valence-electron chi connectivity index (χ1n) is 18.6. The zero-order valence-electron chi connectivity index (χ0n) is 28.3. The molecule has 0 aliphatic carbocycles. The minimum absolute atomic E-state index is 0.0211. The molecule has 0 saturated heterocycles. The van der Waals surface area contributed by atoms with Crippen molar-refractivity contribution in [2.75, 3.05) is 19.8 Å². The van der Waals surface area contributed by atoms with Crippen LogP contribution in [0.1, 0.15) is 194 Å². The zero-order valence-corrected chi connectivity index (χ0v) is 28.3. The van der Waals surface area contributed by atoms with E-state index in [1.165, 1.54) is 173 Å². The van der Waals surface area contributed by atoms with Gasteiger partial charge in [-0.05, 0) is 71.1 Å². The molecule has 0 spiro atoms. The Morgan fingerprint density at radius 2 is 0.732 bits per heavy atom. The number of unbranched alkanes of at least 4 members (excludes halogenated alkanes) is 24. The van der Waals surface area contributed by atoms with Crippen molar-refractivity contribution in [2.45, 2.75) is 200 Å². The molecule has 2 heteroatoms. The van der Waals surface area contributed by atoms with Crippen LogP contribution in [0, 0.1) is 6.92 Å². The van der Waals surface area contributed by atoms with Crippen molar-refractivity contribution >= 4 is 0 Å². The molecule has 0 heterocycles. The van der Waals surface area contributed by atoms with Crippen LogP contribution in [0.25, 0.3) is 0 Å². The molecule has 2 nitrogen and oxygen atoms in total. The lowest BCUT2D eigenvalue weighted by Crippen LogP contribution is -2.17. The van der Waals surface area contributed by atoms with Gasteiger partial charge in [0.1, 0.15) is 0 Å². The second kappa shape index (κ2) is 37.4. The minimum atomic E-state index is -0.0211. The smallest absolute Gasteiger partial charge is 0.0809 e. The van der Waals surface area contributed by atoms with Gasteiger partial charge in [-0.2, -0.15) is 0 Å². The lowest BCUT2D eigenvalue weighted by molar-refractivity contribution is 0.00440. The minimum Gasteiger partial charge on any atom is -0.379 e.